The lowest BCUT2D eigenvalue weighted by molar-refractivity contribution is -0.127. The van der Waals surface area contributed by atoms with Gasteiger partial charge in [-0.15, -0.1) is 0 Å². The number of nitrogens with zero attached hydrogens (tertiary/aromatic N) is 2. The van der Waals surface area contributed by atoms with Gasteiger partial charge in [0, 0.05) is 26.1 Å². The van der Waals surface area contributed by atoms with Crippen LogP contribution in [-0.4, -0.2) is 55.5 Å². The average molecular weight is 332 g/mol. The minimum absolute atomic E-state index is 0.0968. The first-order chi connectivity index (χ1) is 11.5. The zero-order chi connectivity index (χ0) is 17.3. The fourth-order valence-electron chi connectivity index (χ4n) is 3.04. The Balaban J connectivity index is 1.60. The summed E-state index contributed by atoms with van der Waals surface area (Å²) < 4.78 is 5.28. The van der Waals surface area contributed by atoms with Crippen LogP contribution < -0.4 is 20.7 Å². The summed E-state index contributed by atoms with van der Waals surface area (Å²) in [5.41, 5.74) is 5.82. The normalized spacial score (nSPS) is 20.7. The molecule has 128 valence electrons. The van der Waals surface area contributed by atoms with Gasteiger partial charge in [-0.3, -0.25) is 9.59 Å². The largest absolute Gasteiger partial charge is 0.495 e. The fourth-order valence-corrected chi connectivity index (χ4v) is 3.04. The van der Waals surface area contributed by atoms with Crippen molar-refractivity contribution in [2.75, 3.05) is 31.6 Å². The van der Waals surface area contributed by atoms with Crippen LogP contribution in [0.2, 0.25) is 0 Å². The molecule has 3 N–H and O–H groups in total. The first kappa shape index (κ1) is 16.1. The molecule has 3 rings (SSSR count). The van der Waals surface area contributed by atoms with E-state index in [-0.39, 0.29) is 24.3 Å². The molecular formula is C16H20N4O4. The van der Waals surface area contributed by atoms with E-state index in [0.29, 0.717) is 31.1 Å². The van der Waals surface area contributed by atoms with Crippen LogP contribution in [0.4, 0.5) is 10.5 Å². The van der Waals surface area contributed by atoms with E-state index in [0.717, 1.165) is 0 Å². The highest BCUT2D eigenvalue weighted by Crippen LogP contribution is 2.32. The number of nitrogens with two attached hydrogens (primary N) is 1. The molecule has 8 heteroatoms. The number of anilines is 1. The molecule has 0 bridgehead atoms. The number of nitrogens with one attached hydrogen (secondary N) is 1. The molecule has 1 aromatic rings. The van der Waals surface area contributed by atoms with E-state index >= 15 is 0 Å². The number of amides is 4. The highest BCUT2D eigenvalue weighted by Gasteiger charge is 2.38. The van der Waals surface area contributed by atoms with Gasteiger partial charge in [-0.05, 0) is 12.1 Å². The molecule has 2 saturated heterocycles. The molecule has 4 amide bonds. The number of para-hydroxylation sites is 2. The molecule has 2 aliphatic rings. The number of carbonyl (C=O) groups is 3. The topological polar surface area (TPSA) is 105 Å². The van der Waals surface area contributed by atoms with Crippen LogP contribution in [0.5, 0.6) is 5.75 Å². The molecule has 1 aromatic carbocycles. The van der Waals surface area contributed by atoms with E-state index in [2.05, 4.69) is 5.32 Å². The Morgan fingerprint density at radius 2 is 1.96 bits per heavy atom. The van der Waals surface area contributed by atoms with Gasteiger partial charge < -0.3 is 25.6 Å². The van der Waals surface area contributed by atoms with Gasteiger partial charge >= 0.3 is 6.03 Å². The van der Waals surface area contributed by atoms with Crippen molar-refractivity contribution in [3.63, 3.8) is 0 Å². The number of primary amides is 1. The molecule has 1 unspecified atom stereocenters. The predicted octanol–water partition coefficient (Wildman–Crippen LogP) is -0.0728. The van der Waals surface area contributed by atoms with Crippen LogP contribution in [0.1, 0.15) is 6.42 Å². The third-order valence-electron chi connectivity index (χ3n) is 4.41. The number of hydrogen-bond acceptors (Lipinski definition) is 4. The van der Waals surface area contributed by atoms with Gasteiger partial charge in [0.05, 0.1) is 24.8 Å². The Morgan fingerprint density at radius 1 is 1.25 bits per heavy atom. The van der Waals surface area contributed by atoms with Crippen molar-refractivity contribution >= 4 is 23.5 Å². The molecule has 0 aromatic heterocycles. The van der Waals surface area contributed by atoms with E-state index < -0.39 is 11.9 Å². The van der Waals surface area contributed by atoms with Crippen molar-refractivity contribution in [3.05, 3.63) is 24.3 Å². The second-order valence-corrected chi connectivity index (χ2v) is 6.03. The molecular weight excluding hydrogens is 312 g/mol. The molecule has 2 aliphatic heterocycles. The Bertz CT molecular complexity index is 672. The summed E-state index contributed by atoms with van der Waals surface area (Å²) in [4.78, 5) is 38.6. The van der Waals surface area contributed by atoms with Gasteiger partial charge in [-0.1, -0.05) is 12.1 Å². The standard InChI is InChI=1S/C16H20N4O4/c1-24-13-5-3-2-4-12(13)20-7-10(6-14(20)21)15(22)18-11-8-19(9-11)16(17)23/h2-5,10-11H,6-9H2,1H3,(H2,17,23)(H,18,22). The molecule has 0 radical (unpaired) electrons. The highest BCUT2D eigenvalue weighted by molar-refractivity contribution is 6.01. The SMILES string of the molecule is COc1ccccc1N1CC(C(=O)NC2CN(C(N)=O)C2)CC1=O. The van der Waals surface area contributed by atoms with Crippen molar-refractivity contribution in [1.29, 1.82) is 0 Å². The second kappa shape index (κ2) is 6.38. The van der Waals surface area contributed by atoms with E-state index in [4.69, 9.17) is 10.5 Å². The Morgan fingerprint density at radius 3 is 2.62 bits per heavy atom. The maximum atomic E-state index is 12.3. The summed E-state index contributed by atoms with van der Waals surface area (Å²) in [6, 6.07) is 6.65. The average Bonchev–Trinajstić information content (AvgIpc) is 2.91. The zero-order valence-electron chi connectivity index (χ0n) is 13.4. The van der Waals surface area contributed by atoms with E-state index in [1.165, 1.54) is 4.90 Å². The molecule has 24 heavy (non-hydrogen) atoms. The van der Waals surface area contributed by atoms with Gasteiger partial charge in [-0.25, -0.2) is 4.79 Å². The van der Waals surface area contributed by atoms with Gasteiger partial charge in [0.25, 0.3) is 0 Å². The van der Waals surface area contributed by atoms with Crippen molar-refractivity contribution in [2.45, 2.75) is 12.5 Å². The lowest BCUT2D eigenvalue weighted by Gasteiger charge is -2.38. The molecule has 0 aliphatic carbocycles. The van der Waals surface area contributed by atoms with Gasteiger partial charge in [0.1, 0.15) is 5.75 Å². The summed E-state index contributed by atoms with van der Waals surface area (Å²) in [6.07, 6.45) is 0.163. The number of rotatable bonds is 4. The van der Waals surface area contributed by atoms with E-state index in [1.54, 1.807) is 24.1 Å². The van der Waals surface area contributed by atoms with Crippen LogP contribution in [0.15, 0.2) is 24.3 Å². The number of urea groups is 1. The summed E-state index contributed by atoms with van der Waals surface area (Å²) in [5, 5.41) is 2.87. The third-order valence-corrected chi connectivity index (χ3v) is 4.41. The number of carbonyl (C=O) groups excluding carboxylic acids is 3. The Kier molecular flexibility index (Phi) is 4.28. The number of benzene rings is 1. The summed E-state index contributed by atoms with van der Waals surface area (Å²) >= 11 is 0. The van der Waals surface area contributed by atoms with Crippen molar-refractivity contribution in [3.8, 4) is 5.75 Å². The van der Waals surface area contributed by atoms with Crippen molar-refractivity contribution in [1.82, 2.24) is 10.2 Å². The van der Waals surface area contributed by atoms with Crippen molar-refractivity contribution < 1.29 is 19.1 Å². The molecule has 2 heterocycles. The summed E-state index contributed by atoms with van der Waals surface area (Å²) in [6.45, 7) is 1.15. The first-order valence-electron chi connectivity index (χ1n) is 7.77. The minimum atomic E-state index is -0.487. The molecule has 0 saturated carbocycles. The number of likely N-dealkylation sites (tertiary alicyclic amines) is 1. The molecule has 0 spiro atoms. The fraction of sp³-hybridized carbons (Fsp3) is 0.438. The smallest absolute Gasteiger partial charge is 0.314 e. The van der Waals surface area contributed by atoms with Crippen LogP contribution in [0.25, 0.3) is 0 Å². The maximum Gasteiger partial charge on any atom is 0.314 e. The van der Waals surface area contributed by atoms with Crippen molar-refractivity contribution in [2.24, 2.45) is 11.7 Å². The van der Waals surface area contributed by atoms with Crippen LogP contribution in [0.3, 0.4) is 0 Å². The van der Waals surface area contributed by atoms with E-state index in [9.17, 15) is 14.4 Å². The van der Waals surface area contributed by atoms with E-state index in [1.807, 2.05) is 12.1 Å². The van der Waals surface area contributed by atoms with Gasteiger partial charge in [0.15, 0.2) is 0 Å². The second-order valence-electron chi connectivity index (χ2n) is 6.03. The summed E-state index contributed by atoms with van der Waals surface area (Å²) in [7, 11) is 1.55. The lowest BCUT2D eigenvalue weighted by Crippen LogP contribution is -2.62. The number of methoxy groups -OCH3 is 1. The predicted molar refractivity (Wildman–Crippen MR) is 86.5 cm³/mol. The zero-order valence-corrected chi connectivity index (χ0v) is 13.4. The Labute approximate surface area is 139 Å². The van der Waals surface area contributed by atoms with Crippen LogP contribution >= 0.6 is 0 Å². The lowest BCUT2D eigenvalue weighted by atomic mass is 10.1. The maximum absolute atomic E-state index is 12.3. The molecule has 2 fully saturated rings. The monoisotopic (exact) mass is 332 g/mol. The summed E-state index contributed by atoms with van der Waals surface area (Å²) in [5.74, 6) is -0.0880. The van der Waals surface area contributed by atoms with Crippen LogP contribution in [0, 0.1) is 5.92 Å². The Hall–Kier alpha value is -2.77. The number of hydrogen-bond donors (Lipinski definition) is 2. The third kappa shape index (κ3) is 2.99. The first-order valence-corrected chi connectivity index (χ1v) is 7.77. The van der Waals surface area contributed by atoms with Crippen LogP contribution in [-0.2, 0) is 9.59 Å². The minimum Gasteiger partial charge on any atom is -0.495 e. The quantitative estimate of drug-likeness (QED) is 0.805. The highest BCUT2D eigenvalue weighted by atomic mass is 16.5. The molecule has 1 atom stereocenters. The van der Waals surface area contributed by atoms with Gasteiger partial charge in [-0.2, -0.15) is 0 Å². The number of ether oxygens (including phenoxy) is 1. The molecule has 8 nitrogen and oxygen atoms in total. The van der Waals surface area contributed by atoms with Gasteiger partial charge in [0.2, 0.25) is 11.8 Å².